The molecule has 0 amide bonds. The third-order valence-electron chi connectivity index (χ3n) is 3.95. The van der Waals surface area contributed by atoms with E-state index < -0.39 is 0 Å². The fourth-order valence-electron chi connectivity index (χ4n) is 3.22. The van der Waals surface area contributed by atoms with Crippen LogP contribution >= 0.6 is 0 Å². The Labute approximate surface area is 100 Å². The average Bonchev–Trinajstić information content (AvgIpc) is 2.15. The Morgan fingerprint density at radius 1 is 1.06 bits per heavy atom. The van der Waals surface area contributed by atoms with Gasteiger partial charge in [-0.3, -0.25) is 0 Å². The van der Waals surface area contributed by atoms with Crippen LogP contribution in [0, 0.1) is 0 Å². The third kappa shape index (κ3) is 2.58. The Morgan fingerprint density at radius 2 is 1.44 bits per heavy atom. The van der Waals surface area contributed by atoms with Crippen molar-refractivity contribution < 1.29 is 5.21 Å². The van der Waals surface area contributed by atoms with Crippen LogP contribution in [-0.4, -0.2) is 45.4 Å². The molecule has 96 valence electrons. The van der Waals surface area contributed by atoms with Gasteiger partial charge in [0.25, 0.3) is 0 Å². The fraction of sp³-hybridized carbons (Fsp3) is 1.00. The van der Waals surface area contributed by atoms with Gasteiger partial charge >= 0.3 is 0 Å². The summed E-state index contributed by atoms with van der Waals surface area (Å²) in [5.74, 6) is 0. The zero-order chi connectivity index (χ0) is 12.6. The summed E-state index contributed by atoms with van der Waals surface area (Å²) in [5, 5.41) is 11.8. The summed E-state index contributed by atoms with van der Waals surface area (Å²) in [7, 11) is 0. The van der Waals surface area contributed by atoms with Crippen LogP contribution in [0.5, 0.6) is 0 Å². The van der Waals surface area contributed by atoms with E-state index in [1.165, 1.54) is 0 Å². The molecule has 1 fully saturated rings. The van der Waals surface area contributed by atoms with Crippen LogP contribution < -0.4 is 0 Å². The van der Waals surface area contributed by atoms with Crippen LogP contribution in [0.25, 0.3) is 0 Å². The van der Waals surface area contributed by atoms with Crippen LogP contribution in [0.4, 0.5) is 0 Å². The fourth-order valence-corrected chi connectivity index (χ4v) is 3.22. The van der Waals surface area contributed by atoms with Crippen LogP contribution in [0.2, 0.25) is 0 Å². The minimum absolute atomic E-state index is 0.130. The van der Waals surface area contributed by atoms with Crippen molar-refractivity contribution in [1.29, 1.82) is 0 Å². The van der Waals surface area contributed by atoms with E-state index in [4.69, 9.17) is 0 Å². The van der Waals surface area contributed by atoms with Crippen molar-refractivity contribution in [3.8, 4) is 0 Å². The normalized spacial score (nSPS) is 26.2. The topological polar surface area (TPSA) is 26.7 Å². The Hall–Kier alpha value is -0.120. The largest absolute Gasteiger partial charge is 0.313 e. The Kier molecular flexibility index (Phi) is 4.04. The molecule has 0 aromatic rings. The molecule has 0 unspecified atom stereocenters. The van der Waals surface area contributed by atoms with Gasteiger partial charge in [-0.25, -0.2) is 0 Å². The quantitative estimate of drug-likeness (QED) is 0.804. The first-order valence-electron chi connectivity index (χ1n) is 6.48. The van der Waals surface area contributed by atoms with Gasteiger partial charge in [0.05, 0.1) is 0 Å². The molecule has 0 spiro atoms. The molecule has 1 N–H and O–H groups in total. The second kappa shape index (κ2) is 4.63. The maximum atomic E-state index is 10.2. The number of hydroxylamine groups is 2. The van der Waals surface area contributed by atoms with Crippen molar-refractivity contribution in [1.82, 2.24) is 9.96 Å². The second-order valence-electron chi connectivity index (χ2n) is 6.22. The minimum Gasteiger partial charge on any atom is -0.313 e. The Bertz CT molecular complexity index is 216. The molecule has 1 saturated heterocycles. The van der Waals surface area contributed by atoms with Crippen molar-refractivity contribution in [3.63, 3.8) is 0 Å². The summed E-state index contributed by atoms with van der Waals surface area (Å²) in [6, 6.07) is 0.586. The van der Waals surface area contributed by atoms with Gasteiger partial charge in [-0.15, -0.1) is 0 Å². The Morgan fingerprint density at radius 3 is 1.75 bits per heavy atom. The van der Waals surface area contributed by atoms with E-state index in [9.17, 15) is 5.21 Å². The molecule has 3 heteroatoms. The highest BCUT2D eigenvalue weighted by Crippen LogP contribution is 2.38. The summed E-state index contributed by atoms with van der Waals surface area (Å²) < 4.78 is 0. The van der Waals surface area contributed by atoms with E-state index in [1.807, 2.05) is 0 Å². The molecule has 3 nitrogen and oxygen atoms in total. The third-order valence-corrected chi connectivity index (χ3v) is 3.95. The monoisotopic (exact) mass is 228 g/mol. The number of hydrogen-bond donors (Lipinski definition) is 1. The standard InChI is InChI=1S/C13H28N2O/c1-7-14(8-2)11-9-12(3,4)15(16)13(5,6)10-11/h11,16H,7-10H2,1-6H3. The molecule has 1 aliphatic heterocycles. The molecule has 0 aromatic heterocycles. The van der Waals surface area contributed by atoms with E-state index in [1.54, 1.807) is 5.06 Å². The molecule has 1 aliphatic rings. The first-order valence-corrected chi connectivity index (χ1v) is 6.48. The van der Waals surface area contributed by atoms with E-state index >= 15 is 0 Å². The van der Waals surface area contributed by atoms with Crippen molar-refractivity contribution in [3.05, 3.63) is 0 Å². The zero-order valence-corrected chi connectivity index (χ0v) is 11.7. The Balaban J connectivity index is 2.86. The molecule has 1 heterocycles. The number of rotatable bonds is 3. The first kappa shape index (κ1) is 13.9. The van der Waals surface area contributed by atoms with Gasteiger partial charge < -0.3 is 10.1 Å². The number of piperidine rings is 1. The van der Waals surface area contributed by atoms with Gasteiger partial charge in [0.1, 0.15) is 0 Å². The lowest BCUT2D eigenvalue weighted by Gasteiger charge is -2.53. The van der Waals surface area contributed by atoms with Gasteiger partial charge in [0.2, 0.25) is 0 Å². The molecule has 0 aromatic carbocycles. The molecule has 0 saturated carbocycles. The smallest absolute Gasteiger partial charge is 0.0425 e. The highest BCUT2D eigenvalue weighted by molar-refractivity contribution is 4.99. The molecule has 0 radical (unpaired) electrons. The van der Waals surface area contributed by atoms with E-state index in [2.05, 4.69) is 46.4 Å². The van der Waals surface area contributed by atoms with Gasteiger partial charge in [-0.2, -0.15) is 5.06 Å². The highest BCUT2D eigenvalue weighted by Gasteiger charge is 2.45. The van der Waals surface area contributed by atoms with Crippen molar-refractivity contribution in [2.45, 2.75) is 71.5 Å². The van der Waals surface area contributed by atoms with Gasteiger partial charge in [-0.1, -0.05) is 13.8 Å². The number of hydrogen-bond acceptors (Lipinski definition) is 3. The van der Waals surface area contributed by atoms with Crippen molar-refractivity contribution >= 4 is 0 Å². The minimum atomic E-state index is -0.130. The summed E-state index contributed by atoms with van der Waals surface area (Å²) in [6.45, 7) is 15.1. The molecule has 0 bridgehead atoms. The predicted molar refractivity (Wildman–Crippen MR) is 67.7 cm³/mol. The lowest BCUT2D eigenvalue weighted by Crippen LogP contribution is -2.62. The molecular weight excluding hydrogens is 200 g/mol. The zero-order valence-electron chi connectivity index (χ0n) is 11.7. The van der Waals surface area contributed by atoms with E-state index in [0.717, 1.165) is 25.9 Å². The lowest BCUT2D eigenvalue weighted by molar-refractivity contribution is -0.251. The van der Waals surface area contributed by atoms with E-state index in [0.29, 0.717) is 6.04 Å². The van der Waals surface area contributed by atoms with Crippen LogP contribution in [0.1, 0.15) is 54.4 Å². The molecule has 0 atom stereocenters. The molecular formula is C13H28N2O. The predicted octanol–water partition coefficient (Wildman–Crippen LogP) is 2.74. The SMILES string of the molecule is CCN(CC)C1CC(C)(C)N(O)C(C)(C)C1. The first-order chi connectivity index (χ1) is 7.24. The lowest BCUT2D eigenvalue weighted by atomic mass is 9.78. The van der Waals surface area contributed by atoms with E-state index in [-0.39, 0.29) is 11.1 Å². The molecule has 16 heavy (non-hydrogen) atoms. The molecule has 1 rings (SSSR count). The van der Waals surface area contributed by atoms with Gasteiger partial charge in [0.15, 0.2) is 0 Å². The van der Waals surface area contributed by atoms with Gasteiger partial charge in [-0.05, 0) is 53.6 Å². The summed E-state index contributed by atoms with van der Waals surface area (Å²) in [6.07, 6.45) is 2.07. The average molecular weight is 228 g/mol. The highest BCUT2D eigenvalue weighted by atomic mass is 16.5. The van der Waals surface area contributed by atoms with Crippen molar-refractivity contribution in [2.24, 2.45) is 0 Å². The summed E-state index contributed by atoms with van der Waals surface area (Å²) in [5.41, 5.74) is -0.260. The van der Waals surface area contributed by atoms with Crippen LogP contribution in [0.3, 0.4) is 0 Å². The van der Waals surface area contributed by atoms with Crippen molar-refractivity contribution in [2.75, 3.05) is 13.1 Å². The van der Waals surface area contributed by atoms with Crippen LogP contribution in [0.15, 0.2) is 0 Å². The maximum Gasteiger partial charge on any atom is 0.0425 e. The van der Waals surface area contributed by atoms with Crippen LogP contribution in [-0.2, 0) is 0 Å². The molecule has 0 aliphatic carbocycles. The summed E-state index contributed by atoms with van der Waals surface area (Å²) in [4.78, 5) is 2.51. The number of nitrogens with zero attached hydrogens (tertiary/aromatic N) is 2. The van der Waals surface area contributed by atoms with Gasteiger partial charge in [0, 0.05) is 17.1 Å². The maximum absolute atomic E-state index is 10.2. The summed E-state index contributed by atoms with van der Waals surface area (Å²) >= 11 is 0. The second-order valence-corrected chi connectivity index (χ2v) is 6.22.